The second-order valence-electron chi connectivity index (χ2n) is 9.27. The van der Waals surface area contributed by atoms with Crippen LogP contribution in [0.3, 0.4) is 0 Å². The highest BCUT2D eigenvalue weighted by atomic mass is 16.6. The lowest BCUT2D eigenvalue weighted by Gasteiger charge is -2.23. The summed E-state index contributed by atoms with van der Waals surface area (Å²) in [6.07, 6.45) is 3.59. The molecule has 0 aliphatic heterocycles. The SMILES string of the molecule is CCCCOC(=O)N(CC(=O)NCCC)Cc1ccc(-c2ccccc2CN(CCCC)C(=O)OC)cc1. The molecule has 2 aromatic carbocycles. The smallest absolute Gasteiger partial charge is 0.410 e. The number of carbonyl (C=O) groups is 3. The van der Waals surface area contributed by atoms with E-state index >= 15 is 0 Å². The van der Waals surface area contributed by atoms with Gasteiger partial charge in [-0.1, -0.05) is 82.1 Å². The molecule has 2 rings (SSSR count). The van der Waals surface area contributed by atoms with E-state index in [1.165, 1.54) is 12.0 Å². The van der Waals surface area contributed by atoms with Gasteiger partial charge in [0.15, 0.2) is 0 Å². The molecule has 0 spiro atoms. The molecule has 1 N–H and O–H groups in total. The minimum Gasteiger partial charge on any atom is -0.453 e. The van der Waals surface area contributed by atoms with E-state index in [0.29, 0.717) is 26.2 Å². The molecule has 0 radical (unpaired) electrons. The first kappa shape index (κ1) is 30.7. The summed E-state index contributed by atoms with van der Waals surface area (Å²) in [6, 6.07) is 15.9. The molecule has 0 atom stereocenters. The lowest BCUT2D eigenvalue weighted by atomic mass is 9.98. The van der Waals surface area contributed by atoms with Crippen LogP contribution in [0.2, 0.25) is 0 Å². The Morgan fingerprint density at radius 3 is 2.18 bits per heavy atom. The third-order valence-corrected chi connectivity index (χ3v) is 6.12. The predicted octanol–water partition coefficient (Wildman–Crippen LogP) is 5.99. The Labute approximate surface area is 227 Å². The minimum absolute atomic E-state index is 0.0589. The van der Waals surface area contributed by atoms with Crippen molar-refractivity contribution in [3.63, 3.8) is 0 Å². The Balaban J connectivity index is 2.19. The Kier molecular flexibility index (Phi) is 13.8. The number of methoxy groups -OCH3 is 1. The van der Waals surface area contributed by atoms with Crippen molar-refractivity contribution in [3.05, 3.63) is 59.7 Å². The van der Waals surface area contributed by atoms with Gasteiger partial charge in [-0.25, -0.2) is 9.59 Å². The van der Waals surface area contributed by atoms with E-state index in [9.17, 15) is 14.4 Å². The number of nitrogens with zero attached hydrogens (tertiary/aromatic N) is 2. The van der Waals surface area contributed by atoms with E-state index in [2.05, 4.69) is 12.2 Å². The van der Waals surface area contributed by atoms with Gasteiger partial charge in [-0.3, -0.25) is 9.69 Å². The standard InChI is InChI=1S/C30H43N3O5/c1-5-8-19-32(29(35)37-4)22-26-12-10-11-13-27(26)25-16-14-24(15-17-25)21-33(23-28(34)31-18-7-3)30(36)38-20-9-6-2/h10-17H,5-9,18-23H2,1-4H3,(H,31,34). The van der Waals surface area contributed by atoms with Gasteiger partial charge in [-0.05, 0) is 41.5 Å². The zero-order valence-electron chi connectivity index (χ0n) is 23.3. The molecule has 0 unspecified atom stereocenters. The molecular formula is C30H43N3O5. The number of benzene rings is 2. The molecule has 0 aliphatic rings. The predicted molar refractivity (Wildman–Crippen MR) is 150 cm³/mol. The van der Waals surface area contributed by atoms with E-state index < -0.39 is 6.09 Å². The number of unbranched alkanes of at least 4 members (excludes halogenated alkanes) is 2. The topological polar surface area (TPSA) is 88.2 Å². The fraction of sp³-hybridized carbons (Fsp3) is 0.500. The second kappa shape index (κ2) is 17.1. The van der Waals surface area contributed by atoms with Crippen LogP contribution in [-0.4, -0.2) is 61.2 Å². The number of hydrogen-bond donors (Lipinski definition) is 1. The average molecular weight is 526 g/mol. The molecule has 0 saturated carbocycles. The maximum atomic E-state index is 12.7. The molecule has 0 aromatic heterocycles. The molecule has 0 bridgehead atoms. The van der Waals surface area contributed by atoms with E-state index in [1.54, 1.807) is 4.90 Å². The molecule has 8 nitrogen and oxygen atoms in total. The zero-order valence-corrected chi connectivity index (χ0v) is 23.3. The molecule has 0 saturated heterocycles. The van der Waals surface area contributed by atoms with E-state index in [-0.39, 0.29) is 25.1 Å². The first-order valence-electron chi connectivity index (χ1n) is 13.6. The lowest BCUT2D eigenvalue weighted by molar-refractivity contribution is -0.122. The molecule has 208 valence electrons. The Bertz CT molecular complexity index is 1010. The van der Waals surface area contributed by atoms with Crippen LogP contribution in [0.5, 0.6) is 0 Å². The van der Waals surface area contributed by atoms with Gasteiger partial charge < -0.3 is 19.7 Å². The largest absolute Gasteiger partial charge is 0.453 e. The number of ether oxygens (including phenoxy) is 2. The van der Waals surface area contributed by atoms with Crippen LogP contribution in [0.25, 0.3) is 11.1 Å². The summed E-state index contributed by atoms with van der Waals surface area (Å²) < 4.78 is 10.4. The van der Waals surface area contributed by atoms with Crippen molar-refractivity contribution in [2.45, 2.75) is 66.0 Å². The van der Waals surface area contributed by atoms with Crippen molar-refractivity contribution in [1.82, 2.24) is 15.1 Å². The molecule has 0 aliphatic carbocycles. The quantitative estimate of drug-likeness (QED) is 0.289. The fourth-order valence-electron chi connectivity index (χ4n) is 3.94. The van der Waals surface area contributed by atoms with E-state index in [0.717, 1.165) is 54.4 Å². The first-order valence-corrected chi connectivity index (χ1v) is 13.6. The van der Waals surface area contributed by atoms with Crippen molar-refractivity contribution in [2.75, 3.05) is 33.4 Å². The first-order chi connectivity index (χ1) is 18.4. The van der Waals surface area contributed by atoms with Crippen molar-refractivity contribution in [3.8, 4) is 11.1 Å². The van der Waals surface area contributed by atoms with Gasteiger partial charge in [-0.15, -0.1) is 0 Å². The van der Waals surface area contributed by atoms with Crippen molar-refractivity contribution in [1.29, 1.82) is 0 Å². The molecule has 0 fully saturated rings. The number of hydrogen-bond acceptors (Lipinski definition) is 5. The van der Waals surface area contributed by atoms with Crippen LogP contribution < -0.4 is 5.32 Å². The van der Waals surface area contributed by atoms with Crippen molar-refractivity contribution in [2.24, 2.45) is 0 Å². The van der Waals surface area contributed by atoms with Crippen LogP contribution in [-0.2, 0) is 27.4 Å². The number of rotatable bonds is 15. The summed E-state index contributed by atoms with van der Waals surface area (Å²) in [5, 5.41) is 2.82. The van der Waals surface area contributed by atoms with Crippen LogP contribution in [0, 0.1) is 0 Å². The summed E-state index contributed by atoms with van der Waals surface area (Å²) in [5.41, 5.74) is 3.94. The fourth-order valence-corrected chi connectivity index (χ4v) is 3.94. The summed E-state index contributed by atoms with van der Waals surface area (Å²) in [4.78, 5) is 40.5. The number of carbonyl (C=O) groups excluding carboxylic acids is 3. The van der Waals surface area contributed by atoms with Gasteiger partial charge in [0.05, 0.1) is 13.7 Å². The summed E-state index contributed by atoms with van der Waals surface area (Å²) in [7, 11) is 1.40. The van der Waals surface area contributed by atoms with Gasteiger partial charge in [0.25, 0.3) is 0 Å². The number of amides is 3. The third kappa shape index (κ3) is 10.1. The average Bonchev–Trinajstić information content (AvgIpc) is 2.94. The maximum Gasteiger partial charge on any atom is 0.410 e. The van der Waals surface area contributed by atoms with Crippen LogP contribution in [0.1, 0.15) is 64.0 Å². The van der Waals surface area contributed by atoms with E-state index in [4.69, 9.17) is 9.47 Å². The molecule has 0 heterocycles. The van der Waals surface area contributed by atoms with Crippen molar-refractivity contribution >= 4 is 18.1 Å². The maximum absolute atomic E-state index is 12.7. The molecule has 38 heavy (non-hydrogen) atoms. The van der Waals surface area contributed by atoms with Gasteiger partial charge >= 0.3 is 12.2 Å². The third-order valence-electron chi connectivity index (χ3n) is 6.12. The highest BCUT2D eigenvalue weighted by Crippen LogP contribution is 2.26. The second-order valence-corrected chi connectivity index (χ2v) is 9.27. The highest BCUT2D eigenvalue weighted by Gasteiger charge is 2.20. The Hall–Kier alpha value is -3.55. The summed E-state index contributed by atoms with van der Waals surface area (Å²) in [6.45, 7) is 8.29. The molecule has 2 aromatic rings. The van der Waals surface area contributed by atoms with Gasteiger partial charge in [0, 0.05) is 26.2 Å². The van der Waals surface area contributed by atoms with Crippen LogP contribution in [0.4, 0.5) is 9.59 Å². The molecule has 3 amide bonds. The Morgan fingerprint density at radius 1 is 0.816 bits per heavy atom. The number of nitrogens with one attached hydrogen (secondary N) is 1. The van der Waals surface area contributed by atoms with Crippen molar-refractivity contribution < 1.29 is 23.9 Å². The van der Waals surface area contributed by atoms with Gasteiger partial charge in [0.2, 0.25) is 5.91 Å². The summed E-state index contributed by atoms with van der Waals surface area (Å²) >= 11 is 0. The normalized spacial score (nSPS) is 10.5. The summed E-state index contributed by atoms with van der Waals surface area (Å²) in [5.74, 6) is -0.205. The lowest BCUT2D eigenvalue weighted by Crippen LogP contribution is -2.40. The van der Waals surface area contributed by atoms with Crippen LogP contribution in [0.15, 0.2) is 48.5 Å². The monoisotopic (exact) mass is 525 g/mol. The van der Waals surface area contributed by atoms with Crippen LogP contribution >= 0.6 is 0 Å². The Morgan fingerprint density at radius 2 is 1.53 bits per heavy atom. The highest BCUT2D eigenvalue weighted by molar-refractivity contribution is 5.82. The molecular weight excluding hydrogens is 482 g/mol. The minimum atomic E-state index is -0.491. The van der Waals surface area contributed by atoms with Gasteiger partial charge in [0.1, 0.15) is 6.54 Å². The van der Waals surface area contributed by atoms with E-state index in [1.807, 2.05) is 62.4 Å². The zero-order chi connectivity index (χ0) is 27.8. The molecule has 8 heteroatoms. The van der Waals surface area contributed by atoms with Gasteiger partial charge in [-0.2, -0.15) is 0 Å².